The number of rotatable bonds is 0. The minimum Gasteiger partial charge on any atom is -0.870 e. The Bertz CT molecular complexity index is 146. The number of hydrogen-bond acceptors (Lipinski definition) is 2. The van der Waals surface area contributed by atoms with Gasteiger partial charge in [-0.1, -0.05) is 0 Å². The summed E-state index contributed by atoms with van der Waals surface area (Å²) < 4.78 is 0. The Labute approximate surface area is 67.7 Å². The molecule has 2 N–H and O–H groups in total. The van der Waals surface area contributed by atoms with Gasteiger partial charge in [0.05, 0.1) is 0 Å². The van der Waals surface area contributed by atoms with Crippen LogP contribution in [0.4, 0.5) is 0 Å². The van der Waals surface area contributed by atoms with E-state index in [1.165, 1.54) is 0 Å². The van der Waals surface area contributed by atoms with E-state index >= 15 is 0 Å². The van der Waals surface area contributed by atoms with E-state index in [-0.39, 0.29) is 23.4 Å². The summed E-state index contributed by atoms with van der Waals surface area (Å²) >= 11 is 0. The predicted molar refractivity (Wildman–Crippen MR) is 42.9 cm³/mol. The molecule has 0 aliphatic heterocycles. The average molecular weight is 158 g/mol. The third-order valence-electron chi connectivity index (χ3n) is 0.800. The van der Waals surface area contributed by atoms with Crippen LogP contribution in [0, 0.1) is 0 Å². The van der Waals surface area contributed by atoms with Crippen LogP contribution in [0.2, 0.25) is 0 Å². The maximum absolute atomic E-state index is 5.36. The van der Waals surface area contributed by atoms with Gasteiger partial charge in [0.1, 0.15) is 0 Å². The molecule has 0 saturated carbocycles. The van der Waals surface area contributed by atoms with Crippen LogP contribution in [0.25, 0.3) is 0 Å². The molecule has 0 spiro atoms. The van der Waals surface area contributed by atoms with Crippen molar-refractivity contribution in [1.29, 1.82) is 0 Å². The molecule has 0 bridgehead atoms. The van der Waals surface area contributed by atoms with Crippen molar-refractivity contribution in [1.82, 2.24) is 0 Å². The van der Waals surface area contributed by atoms with Crippen molar-refractivity contribution in [2.45, 2.75) is 0 Å². The van der Waals surface area contributed by atoms with Gasteiger partial charge in [-0.15, -0.1) is 12.4 Å². The molecule has 0 unspecified atom stereocenters. The van der Waals surface area contributed by atoms with Crippen molar-refractivity contribution in [2.24, 2.45) is 0 Å². The SMILES string of the molecule is Cl.[B+2]c1ccccc1.[OH-].[OH-]. The van der Waals surface area contributed by atoms with Gasteiger partial charge in [-0.05, 0) is 0 Å². The molecule has 0 amide bonds. The zero-order valence-electron chi connectivity index (χ0n) is 5.27. The van der Waals surface area contributed by atoms with Crippen LogP contribution >= 0.6 is 12.4 Å². The smallest absolute Gasteiger partial charge is 0.870 e. The first-order valence-corrected chi connectivity index (χ1v) is 2.20. The zero-order chi connectivity index (χ0) is 5.11. The van der Waals surface area contributed by atoms with E-state index in [1.807, 2.05) is 30.3 Å². The quantitative estimate of drug-likeness (QED) is 0.518. The summed E-state index contributed by atoms with van der Waals surface area (Å²) in [6.45, 7) is 0. The molecule has 1 aromatic carbocycles. The molecule has 0 saturated heterocycles. The molecule has 0 fully saturated rings. The number of hydrogen-bond donors (Lipinski definition) is 0. The topological polar surface area (TPSA) is 60.0 Å². The third-order valence-corrected chi connectivity index (χ3v) is 0.800. The Balaban J connectivity index is -0.000000163. The second kappa shape index (κ2) is 8.49. The van der Waals surface area contributed by atoms with Gasteiger partial charge >= 0.3 is 43.6 Å². The van der Waals surface area contributed by atoms with E-state index in [0.29, 0.717) is 0 Å². The van der Waals surface area contributed by atoms with E-state index in [4.69, 9.17) is 7.85 Å². The van der Waals surface area contributed by atoms with Crippen LogP contribution in [-0.2, 0) is 0 Å². The number of benzene rings is 1. The minimum absolute atomic E-state index is 0. The van der Waals surface area contributed by atoms with Gasteiger partial charge < -0.3 is 11.0 Å². The van der Waals surface area contributed by atoms with Gasteiger partial charge in [0, 0.05) is 0 Å². The molecule has 1 rings (SSSR count). The number of halogens is 1. The Morgan fingerprint density at radius 1 is 0.900 bits per heavy atom. The molecule has 0 atom stereocenters. The van der Waals surface area contributed by atoms with Crippen molar-refractivity contribution < 1.29 is 11.0 Å². The van der Waals surface area contributed by atoms with E-state index in [9.17, 15) is 0 Å². The summed E-state index contributed by atoms with van der Waals surface area (Å²) in [7, 11) is 5.36. The Morgan fingerprint density at radius 2 is 1.30 bits per heavy atom. The molecule has 0 aliphatic carbocycles. The van der Waals surface area contributed by atoms with Crippen LogP contribution in [0.3, 0.4) is 0 Å². The molecule has 0 aliphatic rings. The maximum atomic E-state index is 5.36. The minimum atomic E-state index is 0. The molecule has 1 aromatic rings. The van der Waals surface area contributed by atoms with Crippen LogP contribution in [-0.4, -0.2) is 18.8 Å². The zero-order valence-corrected chi connectivity index (χ0v) is 6.08. The van der Waals surface area contributed by atoms with Crippen LogP contribution in [0.15, 0.2) is 30.3 Å². The maximum Gasteiger partial charge on any atom is -0.870 e. The Morgan fingerprint density at radius 3 is 1.50 bits per heavy atom. The monoisotopic (exact) mass is 158 g/mol. The molecule has 10 heavy (non-hydrogen) atoms. The first-order chi connectivity index (χ1) is 3.39. The summed E-state index contributed by atoms with van der Waals surface area (Å²) in [5, 5.41) is 0. The summed E-state index contributed by atoms with van der Waals surface area (Å²) in [5.41, 5.74) is 0.822. The van der Waals surface area contributed by atoms with Crippen LogP contribution < -0.4 is 5.46 Å². The van der Waals surface area contributed by atoms with Gasteiger partial charge in [0.25, 0.3) is 0 Å². The molecule has 4 heteroatoms. The fourth-order valence-corrected chi connectivity index (χ4v) is 0.453. The first-order valence-electron chi connectivity index (χ1n) is 2.20. The van der Waals surface area contributed by atoms with Gasteiger partial charge in [-0.3, -0.25) is 0 Å². The van der Waals surface area contributed by atoms with Gasteiger partial charge in [-0.25, -0.2) is 0 Å². The molecule has 54 valence electrons. The average Bonchev–Trinajstić information content (AvgIpc) is 1.69. The standard InChI is InChI=1S/C6H5B.ClH.2H2O/c7-6-4-2-1-3-5-6;;;/h1-5H;1H;2*1H2/q+2;;;/p-2. The van der Waals surface area contributed by atoms with E-state index < -0.39 is 0 Å². The van der Waals surface area contributed by atoms with Gasteiger partial charge in [0.15, 0.2) is 0 Å². The van der Waals surface area contributed by atoms with E-state index in [2.05, 4.69) is 0 Å². The fraction of sp³-hybridized carbons (Fsp3) is 0. The Hall–Kier alpha value is -0.505. The van der Waals surface area contributed by atoms with Crippen molar-refractivity contribution in [3.05, 3.63) is 30.3 Å². The summed E-state index contributed by atoms with van der Waals surface area (Å²) in [6.07, 6.45) is 0. The second-order valence-corrected chi connectivity index (χ2v) is 1.41. The van der Waals surface area contributed by atoms with Crippen molar-refractivity contribution in [2.75, 3.05) is 0 Å². The fourth-order valence-electron chi connectivity index (χ4n) is 0.453. The molecule has 2 nitrogen and oxygen atoms in total. The molecule has 0 aromatic heterocycles. The van der Waals surface area contributed by atoms with E-state index in [1.54, 1.807) is 0 Å². The van der Waals surface area contributed by atoms with E-state index in [0.717, 1.165) is 5.46 Å². The molecular formula is C6H8BClO2. The van der Waals surface area contributed by atoms with Gasteiger partial charge in [0.2, 0.25) is 0 Å². The van der Waals surface area contributed by atoms with Crippen molar-refractivity contribution >= 4 is 25.7 Å². The Kier molecular flexibility index (Phi) is 13.8. The third kappa shape index (κ3) is 5.63. The largest absolute Gasteiger partial charge is 0.870 e. The van der Waals surface area contributed by atoms with Crippen molar-refractivity contribution in [3.8, 4) is 0 Å². The van der Waals surface area contributed by atoms with Crippen LogP contribution in [0.5, 0.6) is 0 Å². The normalized spacial score (nSPS) is 6.20. The molecule has 0 heterocycles. The van der Waals surface area contributed by atoms with Crippen molar-refractivity contribution in [3.63, 3.8) is 0 Å². The van der Waals surface area contributed by atoms with Gasteiger partial charge in [-0.2, -0.15) is 0 Å². The summed E-state index contributed by atoms with van der Waals surface area (Å²) in [4.78, 5) is 0. The second-order valence-electron chi connectivity index (χ2n) is 1.41. The summed E-state index contributed by atoms with van der Waals surface area (Å²) in [5.74, 6) is 0. The predicted octanol–water partition coefficient (Wildman–Crippen LogP) is 0.549. The molecule has 0 radical (unpaired) electrons. The summed E-state index contributed by atoms with van der Waals surface area (Å²) in [6, 6.07) is 9.49. The molecular weight excluding hydrogens is 150 g/mol. The first kappa shape index (κ1) is 16.2. The van der Waals surface area contributed by atoms with Crippen LogP contribution in [0.1, 0.15) is 0 Å².